The maximum absolute atomic E-state index is 12.8. The third-order valence-corrected chi connectivity index (χ3v) is 4.29. The molecule has 3 aromatic rings. The Hall–Kier alpha value is -3.16. The Morgan fingerprint density at radius 2 is 2.07 bits per heavy atom. The number of anilines is 1. The van der Waals surface area contributed by atoms with Gasteiger partial charge in [-0.05, 0) is 38.5 Å². The number of methoxy groups -OCH3 is 1. The van der Waals surface area contributed by atoms with Gasteiger partial charge in [-0.3, -0.25) is 19.6 Å². The molecule has 1 amide bonds. The molecular weight excluding hydrogens is 346 g/mol. The molecule has 27 heavy (non-hydrogen) atoms. The number of imidazole rings is 1. The molecule has 0 fully saturated rings. The van der Waals surface area contributed by atoms with Crippen LogP contribution in [-0.2, 0) is 13.1 Å². The number of amides is 1. The summed E-state index contributed by atoms with van der Waals surface area (Å²) >= 11 is 0. The van der Waals surface area contributed by atoms with Crippen LogP contribution in [0.25, 0.3) is 11.0 Å². The van der Waals surface area contributed by atoms with Crippen molar-refractivity contribution in [2.75, 3.05) is 12.4 Å². The van der Waals surface area contributed by atoms with Crippen LogP contribution >= 0.6 is 0 Å². The fourth-order valence-electron chi connectivity index (χ4n) is 3.15. The first-order valence-corrected chi connectivity index (χ1v) is 8.91. The van der Waals surface area contributed by atoms with Crippen molar-refractivity contribution in [3.8, 4) is 5.75 Å². The summed E-state index contributed by atoms with van der Waals surface area (Å²) in [5.41, 5.74) is 3.07. The van der Waals surface area contributed by atoms with E-state index in [1.165, 1.54) is 0 Å². The minimum Gasteiger partial charge on any atom is -0.494 e. The van der Waals surface area contributed by atoms with Crippen LogP contribution in [0.15, 0.2) is 18.2 Å². The van der Waals surface area contributed by atoms with Crippen molar-refractivity contribution in [3.05, 3.63) is 35.2 Å². The Labute approximate surface area is 157 Å². The van der Waals surface area contributed by atoms with Gasteiger partial charge < -0.3 is 9.30 Å². The first-order chi connectivity index (χ1) is 13.0. The lowest BCUT2D eigenvalue weighted by Gasteiger charge is -2.11. The third-order valence-electron chi connectivity index (χ3n) is 4.29. The second-order valence-electron chi connectivity index (χ2n) is 6.24. The summed E-state index contributed by atoms with van der Waals surface area (Å²) in [6, 6.07) is 5.11. The van der Waals surface area contributed by atoms with Crippen molar-refractivity contribution in [2.45, 2.75) is 40.3 Å². The highest BCUT2D eigenvalue weighted by atomic mass is 16.5. The molecule has 0 spiro atoms. The molecule has 0 bridgehead atoms. The summed E-state index contributed by atoms with van der Waals surface area (Å²) < 4.78 is 9.01. The van der Waals surface area contributed by atoms with E-state index in [4.69, 9.17) is 4.74 Å². The number of rotatable bonds is 7. The van der Waals surface area contributed by atoms with Crippen LogP contribution < -0.4 is 10.1 Å². The van der Waals surface area contributed by atoms with Crippen molar-refractivity contribution >= 4 is 29.2 Å². The quantitative estimate of drug-likeness (QED) is 0.646. The van der Waals surface area contributed by atoms with Gasteiger partial charge >= 0.3 is 0 Å². The zero-order chi connectivity index (χ0) is 19.6. The van der Waals surface area contributed by atoms with Crippen LogP contribution in [-0.4, -0.2) is 38.6 Å². The van der Waals surface area contributed by atoms with E-state index in [1.807, 2.05) is 25.3 Å². The highest BCUT2D eigenvalue weighted by Crippen LogP contribution is 2.30. The van der Waals surface area contributed by atoms with Gasteiger partial charge in [-0.1, -0.05) is 6.92 Å². The highest BCUT2D eigenvalue weighted by molar-refractivity contribution is 6.03. The molecule has 142 valence electrons. The molecule has 0 radical (unpaired) electrons. The molecule has 0 saturated carbocycles. The number of aldehydes is 1. The number of fused-ring (bicyclic) bond motifs is 1. The first kappa shape index (κ1) is 18.6. The van der Waals surface area contributed by atoms with E-state index >= 15 is 0 Å². The van der Waals surface area contributed by atoms with Gasteiger partial charge in [0, 0.05) is 18.7 Å². The number of hydrogen-bond donors (Lipinski definition) is 1. The smallest absolute Gasteiger partial charge is 0.276 e. The maximum Gasteiger partial charge on any atom is 0.276 e. The molecule has 0 aliphatic rings. The molecule has 3 rings (SSSR count). The second-order valence-corrected chi connectivity index (χ2v) is 6.24. The molecule has 1 aromatic carbocycles. The van der Waals surface area contributed by atoms with Crippen molar-refractivity contribution in [1.82, 2.24) is 19.3 Å². The summed E-state index contributed by atoms with van der Waals surface area (Å²) in [5.74, 6) is 0.685. The first-order valence-electron chi connectivity index (χ1n) is 8.91. The number of carbonyl (C=O) groups excluding carboxylic acids is 2. The third kappa shape index (κ3) is 3.42. The van der Waals surface area contributed by atoms with Gasteiger partial charge in [0.2, 0.25) is 5.95 Å². The number of ether oxygens (including phenoxy) is 1. The molecule has 0 aliphatic carbocycles. The van der Waals surface area contributed by atoms with Gasteiger partial charge in [-0.25, -0.2) is 4.98 Å². The lowest BCUT2D eigenvalue weighted by molar-refractivity contribution is 0.101. The molecule has 1 N–H and O–H groups in total. The van der Waals surface area contributed by atoms with Crippen LogP contribution in [0.4, 0.5) is 5.95 Å². The van der Waals surface area contributed by atoms with Crippen LogP contribution in [0.2, 0.25) is 0 Å². The summed E-state index contributed by atoms with van der Waals surface area (Å²) in [5, 5.41) is 7.20. The molecule has 0 aliphatic heterocycles. The Balaban J connectivity index is 2.08. The number of carbonyl (C=O) groups is 2. The van der Waals surface area contributed by atoms with Crippen molar-refractivity contribution in [1.29, 1.82) is 0 Å². The minimum atomic E-state index is -0.278. The zero-order valence-corrected chi connectivity index (χ0v) is 15.9. The summed E-state index contributed by atoms with van der Waals surface area (Å²) in [4.78, 5) is 28.5. The van der Waals surface area contributed by atoms with E-state index in [9.17, 15) is 9.59 Å². The van der Waals surface area contributed by atoms with Gasteiger partial charge in [-0.2, -0.15) is 5.10 Å². The standard InChI is InChI=1S/C19H23N5O3/c1-5-7-23-17-14(9-13(11-25)10-16(17)27-4)20-19(23)21-18(26)15-8-12(3)22-24(15)6-2/h8-11H,5-7H2,1-4H3,(H,20,21,26). The molecule has 8 heteroatoms. The predicted octanol–water partition coefficient (Wildman–Crippen LogP) is 3.04. The number of nitrogens with zero attached hydrogens (tertiary/aromatic N) is 4. The predicted molar refractivity (Wildman–Crippen MR) is 103 cm³/mol. The van der Waals surface area contributed by atoms with E-state index in [1.54, 1.807) is 30.0 Å². The van der Waals surface area contributed by atoms with Crippen LogP contribution in [0.3, 0.4) is 0 Å². The number of aryl methyl sites for hydroxylation is 3. The Bertz CT molecular complexity index is 1000. The van der Waals surface area contributed by atoms with Crippen LogP contribution in [0.1, 0.15) is 46.8 Å². The highest BCUT2D eigenvalue weighted by Gasteiger charge is 2.20. The van der Waals surface area contributed by atoms with E-state index in [-0.39, 0.29) is 5.91 Å². The van der Waals surface area contributed by atoms with Gasteiger partial charge in [0.05, 0.1) is 18.3 Å². The number of benzene rings is 1. The van der Waals surface area contributed by atoms with Gasteiger partial charge in [0.1, 0.15) is 23.2 Å². The van der Waals surface area contributed by atoms with Gasteiger partial charge in [0.15, 0.2) is 0 Å². The molecule has 0 atom stereocenters. The van der Waals surface area contributed by atoms with E-state index in [2.05, 4.69) is 15.4 Å². The average molecular weight is 369 g/mol. The summed E-state index contributed by atoms with van der Waals surface area (Å²) in [6.07, 6.45) is 1.60. The normalized spacial score (nSPS) is 11.0. The van der Waals surface area contributed by atoms with Crippen LogP contribution in [0, 0.1) is 6.92 Å². The van der Waals surface area contributed by atoms with Crippen molar-refractivity contribution in [3.63, 3.8) is 0 Å². The van der Waals surface area contributed by atoms with Crippen LogP contribution in [0.5, 0.6) is 5.75 Å². The lowest BCUT2D eigenvalue weighted by Crippen LogP contribution is -2.20. The monoisotopic (exact) mass is 369 g/mol. The molecule has 2 heterocycles. The Morgan fingerprint density at radius 3 is 2.70 bits per heavy atom. The largest absolute Gasteiger partial charge is 0.494 e. The molecule has 2 aromatic heterocycles. The van der Waals surface area contributed by atoms with Gasteiger partial charge in [0.25, 0.3) is 5.91 Å². The topological polar surface area (TPSA) is 91.0 Å². The number of aromatic nitrogens is 4. The Kier molecular flexibility index (Phi) is 5.25. The molecular formula is C19H23N5O3. The summed E-state index contributed by atoms with van der Waals surface area (Å²) in [7, 11) is 1.55. The summed E-state index contributed by atoms with van der Waals surface area (Å²) in [6.45, 7) is 7.06. The fraction of sp³-hybridized carbons (Fsp3) is 0.368. The van der Waals surface area contributed by atoms with Gasteiger partial charge in [-0.15, -0.1) is 0 Å². The maximum atomic E-state index is 12.8. The van der Waals surface area contributed by atoms with E-state index in [0.29, 0.717) is 41.6 Å². The lowest BCUT2D eigenvalue weighted by atomic mass is 10.2. The van der Waals surface area contributed by atoms with Crippen molar-refractivity contribution in [2.24, 2.45) is 0 Å². The molecule has 0 unspecified atom stereocenters. The SMILES string of the molecule is CCCn1c(NC(=O)c2cc(C)nn2CC)nc2cc(C=O)cc(OC)c21. The van der Waals surface area contributed by atoms with Crippen molar-refractivity contribution < 1.29 is 14.3 Å². The number of nitrogens with one attached hydrogen (secondary N) is 1. The molecule has 8 nitrogen and oxygen atoms in total. The minimum absolute atomic E-state index is 0.278. The average Bonchev–Trinajstić information content (AvgIpc) is 3.21. The Morgan fingerprint density at radius 1 is 1.30 bits per heavy atom. The fourth-order valence-corrected chi connectivity index (χ4v) is 3.15. The van der Waals surface area contributed by atoms with E-state index in [0.717, 1.165) is 23.9 Å². The zero-order valence-electron chi connectivity index (χ0n) is 15.9. The number of hydrogen-bond acceptors (Lipinski definition) is 5. The van der Waals surface area contributed by atoms with E-state index < -0.39 is 0 Å². The second kappa shape index (κ2) is 7.61. The molecule has 0 saturated heterocycles.